The van der Waals surface area contributed by atoms with Crippen molar-refractivity contribution < 1.29 is 76.4 Å². The van der Waals surface area contributed by atoms with Gasteiger partial charge in [-0.3, -0.25) is 27.7 Å². The molecule has 0 heterocycles. The van der Waals surface area contributed by atoms with Crippen molar-refractivity contribution in [2.45, 2.75) is 262 Å². The number of alkyl halides is 1. The van der Waals surface area contributed by atoms with Gasteiger partial charge in [-0.05, 0) is 12.8 Å². The molecule has 15 nitrogen and oxygen atoms in total. The monoisotopic (exact) mass is 963 g/mol. The third-order valence-electron chi connectivity index (χ3n) is 11.9. The van der Waals surface area contributed by atoms with Gasteiger partial charge in [0.15, 0.2) is 12.5 Å². The molecule has 0 radical (unpaired) electrons. The van der Waals surface area contributed by atoms with Crippen molar-refractivity contribution >= 4 is 27.4 Å². The number of halogens is 1. The van der Waals surface area contributed by atoms with Crippen LogP contribution in [-0.2, 0) is 41.8 Å². The van der Waals surface area contributed by atoms with Gasteiger partial charge < -0.3 is 39.7 Å². The van der Waals surface area contributed by atoms with Crippen molar-refractivity contribution in [3.05, 3.63) is 0 Å². The molecule has 380 valence electrons. The van der Waals surface area contributed by atoms with Gasteiger partial charge in [0.2, 0.25) is 0 Å². The van der Waals surface area contributed by atoms with Crippen molar-refractivity contribution in [1.29, 1.82) is 0 Å². The van der Waals surface area contributed by atoms with Crippen LogP contribution in [0.25, 0.3) is 0 Å². The van der Waals surface area contributed by atoms with E-state index in [1.54, 1.807) is 0 Å². The molecule has 64 heavy (non-hydrogen) atoms. The fraction of sp³-hybridized carbons (Fsp3) is 0.957. The number of hydrogen-bond acceptors (Lipinski definition) is 13. The second-order valence-corrected chi connectivity index (χ2v) is 20.9. The molecule has 1 fully saturated rings. The molecule has 18 heteroatoms. The maximum atomic E-state index is 13.0. The Bertz CT molecular complexity index is 1270. The lowest BCUT2D eigenvalue weighted by Crippen LogP contribution is -2.64. The number of aliphatic hydroxyl groups is 4. The van der Waals surface area contributed by atoms with Crippen LogP contribution in [-0.4, -0.2) is 105 Å². The number of esters is 2. The first-order valence-corrected chi connectivity index (χ1v) is 28.2. The molecule has 0 aliphatic heterocycles. The van der Waals surface area contributed by atoms with Crippen LogP contribution in [0.15, 0.2) is 0 Å². The van der Waals surface area contributed by atoms with E-state index in [1.807, 2.05) is 0 Å². The average Bonchev–Trinajstić information content (AvgIpc) is 3.26. The van der Waals surface area contributed by atoms with Crippen molar-refractivity contribution in [3.63, 3.8) is 0 Å². The quantitative estimate of drug-likeness (QED) is 0.0189. The van der Waals surface area contributed by atoms with Crippen LogP contribution in [0.1, 0.15) is 219 Å². The number of rotatable bonds is 43. The highest BCUT2D eigenvalue weighted by atomic mass is 31.2. The maximum absolute atomic E-state index is 13.0. The lowest BCUT2D eigenvalue weighted by molar-refractivity contribution is -0.215. The number of carbonyl (C=O) groups is 2. The zero-order chi connectivity index (χ0) is 47.5. The number of hydrogen-bond donors (Lipinski definition) is 6. The molecule has 0 bridgehead atoms. The van der Waals surface area contributed by atoms with Gasteiger partial charge in [-0.1, -0.05) is 194 Å². The fourth-order valence-corrected chi connectivity index (χ4v) is 9.57. The van der Waals surface area contributed by atoms with E-state index in [2.05, 4.69) is 18.4 Å². The summed E-state index contributed by atoms with van der Waals surface area (Å²) in [5.74, 6) is -1.20. The number of phosphoric acid groups is 1. The van der Waals surface area contributed by atoms with E-state index < -0.39 is 89.7 Å². The predicted octanol–water partition coefficient (Wildman–Crippen LogP) is 10.4. The van der Waals surface area contributed by atoms with Crippen LogP contribution in [0.4, 0.5) is 4.39 Å². The molecular weight excluding hydrogens is 873 g/mol. The molecule has 1 aliphatic carbocycles. The third-order valence-corrected chi connectivity index (χ3v) is 13.7. The predicted molar refractivity (Wildman–Crippen MR) is 245 cm³/mol. The van der Waals surface area contributed by atoms with E-state index >= 15 is 0 Å². The summed E-state index contributed by atoms with van der Waals surface area (Å²) in [5, 5.41) is 41.5. The van der Waals surface area contributed by atoms with Gasteiger partial charge in [0, 0.05) is 12.8 Å². The van der Waals surface area contributed by atoms with E-state index in [1.165, 1.54) is 128 Å². The highest BCUT2D eigenvalue weighted by Gasteiger charge is 2.54. The average molecular weight is 963 g/mol. The minimum absolute atomic E-state index is 0.0464. The van der Waals surface area contributed by atoms with Gasteiger partial charge in [-0.15, -0.1) is 0 Å². The molecular formula is C46H89FO15P2. The molecule has 0 spiro atoms. The summed E-state index contributed by atoms with van der Waals surface area (Å²) >= 11 is 0. The largest absolute Gasteiger partial charge is 0.472 e. The Morgan fingerprint density at radius 2 is 0.828 bits per heavy atom. The van der Waals surface area contributed by atoms with E-state index in [4.69, 9.17) is 18.5 Å². The van der Waals surface area contributed by atoms with Crippen LogP contribution in [0, 0.1) is 0 Å². The van der Waals surface area contributed by atoms with E-state index in [9.17, 15) is 53.3 Å². The number of ether oxygens (including phenoxy) is 2. The van der Waals surface area contributed by atoms with Gasteiger partial charge in [0.05, 0.1) is 6.61 Å². The lowest BCUT2D eigenvalue weighted by atomic mass is 9.85. The number of carbonyl (C=O) groups excluding carboxylic acids is 2. The molecule has 0 aromatic rings. The Balaban J connectivity index is 2.59. The summed E-state index contributed by atoms with van der Waals surface area (Å²) in [4.78, 5) is 45.6. The molecule has 0 aromatic carbocycles. The van der Waals surface area contributed by atoms with Crippen molar-refractivity contribution in [1.82, 2.24) is 0 Å². The summed E-state index contributed by atoms with van der Waals surface area (Å²) in [6.45, 7) is 3.12. The standard InChI is InChI=1S/C46H89FO15P2/c1-3-5-7-9-11-13-15-17-19-21-23-25-27-29-31-33-39(48)58-35-38(60-40(49)34-32-30-28-26-24-22-20-18-16-14-12-10-8-6-4-2)36-59-64(56,57)62-46-43(52)41(50)42(51)45(44(46)53)61-63(54,55)37-47/h38,41-46,50-53H,3-37H2,1-2H3,(H,54,55)(H,56,57)/t38-,41+,42+,43-,44-,45-,46+/m1/s1. The Morgan fingerprint density at radius 3 is 1.20 bits per heavy atom. The fourth-order valence-electron chi connectivity index (χ4n) is 7.91. The van der Waals surface area contributed by atoms with Crippen molar-refractivity contribution in [2.75, 3.05) is 19.6 Å². The second kappa shape index (κ2) is 37.9. The van der Waals surface area contributed by atoms with E-state index in [-0.39, 0.29) is 12.8 Å². The maximum Gasteiger partial charge on any atom is 0.472 e. The molecule has 1 saturated carbocycles. The van der Waals surface area contributed by atoms with Crippen molar-refractivity contribution in [2.24, 2.45) is 0 Å². The summed E-state index contributed by atoms with van der Waals surface area (Å²) < 4.78 is 63.2. The molecule has 6 N–H and O–H groups in total. The topological polar surface area (TPSA) is 236 Å². The van der Waals surface area contributed by atoms with Crippen LogP contribution >= 0.6 is 15.4 Å². The summed E-state index contributed by atoms with van der Waals surface area (Å²) in [7, 11) is -10.3. The first kappa shape index (κ1) is 61.0. The molecule has 0 amide bonds. The lowest BCUT2D eigenvalue weighted by Gasteiger charge is -2.43. The van der Waals surface area contributed by atoms with E-state index in [0.717, 1.165) is 51.4 Å². The smallest absolute Gasteiger partial charge is 0.462 e. The van der Waals surface area contributed by atoms with Crippen LogP contribution < -0.4 is 0 Å². The highest BCUT2D eigenvalue weighted by molar-refractivity contribution is 7.52. The van der Waals surface area contributed by atoms with Gasteiger partial charge in [-0.2, -0.15) is 0 Å². The zero-order valence-corrected chi connectivity index (χ0v) is 41.2. The van der Waals surface area contributed by atoms with Gasteiger partial charge in [-0.25, -0.2) is 8.96 Å². The Labute approximate surface area is 384 Å². The first-order chi connectivity index (χ1) is 30.7. The number of phosphoric ester groups is 1. The van der Waals surface area contributed by atoms with Gasteiger partial charge >= 0.3 is 27.4 Å². The minimum Gasteiger partial charge on any atom is -0.462 e. The molecule has 0 aromatic heterocycles. The summed E-state index contributed by atoms with van der Waals surface area (Å²) in [6.07, 6.45) is 18.5. The number of unbranched alkanes of at least 4 members (excludes halogenated alkanes) is 28. The first-order valence-electron chi connectivity index (χ1n) is 25.0. The highest BCUT2D eigenvalue weighted by Crippen LogP contribution is 2.50. The molecule has 2 unspecified atom stereocenters. The second-order valence-electron chi connectivity index (χ2n) is 17.8. The van der Waals surface area contributed by atoms with Gasteiger partial charge in [0.1, 0.15) is 43.2 Å². The van der Waals surface area contributed by atoms with Gasteiger partial charge in [0.25, 0.3) is 0 Å². The molecule has 0 saturated heterocycles. The summed E-state index contributed by atoms with van der Waals surface area (Å²) in [5.41, 5.74) is 0. The molecule has 1 aliphatic rings. The van der Waals surface area contributed by atoms with Crippen LogP contribution in [0.5, 0.6) is 0 Å². The normalized spacial score (nSPS) is 22.5. The van der Waals surface area contributed by atoms with Crippen LogP contribution in [0.2, 0.25) is 0 Å². The Hall–Kier alpha value is -1.03. The third kappa shape index (κ3) is 30.4. The van der Waals surface area contributed by atoms with Crippen LogP contribution in [0.3, 0.4) is 0 Å². The molecule has 9 atom stereocenters. The summed E-state index contributed by atoms with van der Waals surface area (Å²) in [6, 6.07) is 0. The van der Waals surface area contributed by atoms with E-state index in [0.29, 0.717) is 12.8 Å². The van der Waals surface area contributed by atoms with Crippen molar-refractivity contribution in [3.8, 4) is 0 Å². The Kier molecular flexibility index (Phi) is 36.1. The SMILES string of the molecule is CCCCCCCCCCCCCCCCCC(=O)OC[C@H](COP(=O)(O)O[C@@H]1[C@H](O)[C@H](OP(=O)(O)CF)[C@@H](O)[C@H](O)[C@H]1O)OC(=O)CCCCCCCCCCCCCCCCC. The molecule has 1 rings (SSSR count). The minimum atomic E-state index is -5.32. The Morgan fingerprint density at radius 1 is 0.484 bits per heavy atom. The zero-order valence-electron chi connectivity index (χ0n) is 39.4. The number of aliphatic hydroxyl groups excluding tert-OH is 4.